The number of hydrogen-bond donors (Lipinski definition) is 1. The van der Waals surface area contributed by atoms with Gasteiger partial charge in [0, 0.05) is 23.4 Å². The molecule has 0 fully saturated rings. The number of non-ortho nitro benzene ring substituents is 1. The standard InChI is InChI=1S/C31H24N4O3/c36-30(20-23-10-4-1-5-11-23)33-32-22-26-21-29(24-12-6-2-7-13-24)34(31(26)25-14-8-3-9-15-25)27-16-18-28(19-17-27)35(37)38/h1-19,21-22H,20H2,(H,33,36)/b32-22-. The van der Waals surface area contributed by atoms with Crippen molar-refractivity contribution in [3.05, 3.63) is 143 Å². The first-order valence-electron chi connectivity index (χ1n) is 12.1. The Hall–Kier alpha value is -5.30. The Labute approximate surface area is 219 Å². The zero-order chi connectivity index (χ0) is 26.3. The van der Waals surface area contributed by atoms with Crippen molar-refractivity contribution in [1.29, 1.82) is 0 Å². The van der Waals surface area contributed by atoms with E-state index in [1.165, 1.54) is 12.1 Å². The molecule has 5 rings (SSSR count). The SMILES string of the molecule is O=C(Cc1ccccc1)N/N=C\c1cc(-c2ccccc2)n(-c2ccc([N+](=O)[O-])cc2)c1-c1ccccc1. The molecule has 1 amide bonds. The number of hydrogen-bond acceptors (Lipinski definition) is 4. The Morgan fingerprint density at radius 1 is 0.816 bits per heavy atom. The zero-order valence-electron chi connectivity index (χ0n) is 20.4. The van der Waals surface area contributed by atoms with Gasteiger partial charge in [0.05, 0.1) is 28.9 Å². The fraction of sp³-hybridized carbons (Fsp3) is 0.0323. The van der Waals surface area contributed by atoms with Crippen LogP contribution >= 0.6 is 0 Å². The van der Waals surface area contributed by atoms with Gasteiger partial charge in [-0.3, -0.25) is 14.9 Å². The van der Waals surface area contributed by atoms with Crippen molar-refractivity contribution < 1.29 is 9.72 Å². The van der Waals surface area contributed by atoms with Crippen LogP contribution in [0.3, 0.4) is 0 Å². The Morgan fingerprint density at radius 2 is 1.39 bits per heavy atom. The van der Waals surface area contributed by atoms with Gasteiger partial charge in [0.2, 0.25) is 5.91 Å². The largest absolute Gasteiger partial charge is 0.309 e. The summed E-state index contributed by atoms with van der Waals surface area (Å²) in [5.41, 5.74) is 8.74. The predicted molar refractivity (Wildman–Crippen MR) is 149 cm³/mol. The fourth-order valence-electron chi connectivity index (χ4n) is 4.33. The second-order valence-electron chi connectivity index (χ2n) is 8.63. The lowest BCUT2D eigenvalue weighted by molar-refractivity contribution is -0.384. The smallest absolute Gasteiger partial charge is 0.269 e. The number of benzene rings is 4. The quantitative estimate of drug-likeness (QED) is 0.152. The predicted octanol–water partition coefficient (Wildman–Crippen LogP) is 6.41. The first kappa shape index (κ1) is 24.4. The number of carbonyl (C=O) groups is 1. The van der Waals surface area contributed by atoms with Crippen molar-refractivity contribution in [3.63, 3.8) is 0 Å². The molecule has 1 N–H and O–H groups in total. The number of nitrogens with one attached hydrogen (secondary N) is 1. The number of hydrazone groups is 1. The van der Waals surface area contributed by atoms with E-state index in [-0.39, 0.29) is 18.0 Å². The third-order valence-corrected chi connectivity index (χ3v) is 6.07. The minimum atomic E-state index is -0.411. The van der Waals surface area contributed by atoms with Gasteiger partial charge in [-0.15, -0.1) is 0 Å². The van der Waals surface area contributed by atoms with Gasteiger partial charge < -0.3 is 4.57 Å². The van der Waals surface area contributed by atoms with Gasteiger partial charge in [-0.1, -0.05) is 91.0 Å². The van der Waals surface area contributed by atoms with Gasteiger partial charge in [-0.25, -0.2) is 5.43 Å². The molecule has 1 aromatic heterocycles. The molecule has 0 saturated carbocycles. The Balaban J connectivity index is 1.59. The van der Waals surface area contributed by atoms with Crippen LogP contribution < -0.4 is 5.43 Å². The van der Waals surface area contributed by atoms with Crippen LogP contribution in [-0.2, 0) is 11.2 Å². The maximum atomic E-state index is 12.5. The Kier molecular flexibility index (Phi) is 7.18. The lowest BCUT2D eigenvalue weighted by atomic mass is 10.1. The molecule has 0 aliphatic carbocycles. The van der Waals surface area contributed by atoms with Crippen molar-refractivity contribution in [1.82, 2.24) is 9.99 Å². The second-order valence-corrected chi connectivity index (χ2v) is 8.63. The van der Waals surface area contributed by atoms with Gasteiger partial charge in [-0.2, -0.15) is 5.10 Å². The number of rotatable bonds is 8. The number of nitro benzene ring substituents is 1. The highest BCUT2D eigenvalue weighted by atomic mass is 16.6. The lowest BCUT2D eigenvalue weighted by Gasteiger charge is -2.15. The highest BCUT2D eigenvalue weighted by Crippen LogP contribution is 2.35. The minimum absolute atomic E-state index is 0.0198. The number of nitro groups is 1. The van der Waals surface area contributed by atoms with Gasteiger partial charge in [0.15, 0.2) is 0 Å². The first-order valence-corrected chi connectivity index (χ1v) is 12.1. The third kappa shape index (κ3) is 5.42. The van der Waals surface area contributed by atoms with Crippen LogP contribution in [0.5, 0.6) is 0 Å². The lowest BCUT2D eigenvalue weighted by Crippen LogP contribution is -2.19. The van der Waals surface area contributed by atoms with Crippen LogP contribution in [0.1, 0.15) is 11.1 Å². The van der Waals surface area contributed by atoms with Crippen LogP contribution in [-0.4, -0.2) is 21.6 Å². The monoisotopic (exact) mass is 500 g/mol. The molecule has 5 aromatic rings. The Bertz CT molecular complexity index is 1580. The minimum Gasteiger partial charge on any atom is -0.309 e. The summed E-state index contributed by atoms with van der Waals surface area (Å²) in [6, 6.07) is 37.7. The number of amides is 1. The van der Waals surface area contributed by atoms with Crippen molar-refractivity contribution in [2.75, 3.05) is 0 Å². The van der Waals surface area contributed by atoms with E-state index in [9.17, 15) is 14.9 Å². The molecule has 186 valence electrons. The summed E-state index contributed by atoms with van der Waals surface area (Å²) in [7, 11) is 0. The molecule has 7 heteroatoms. The molecule has 7 nitrogen and oxygen atoms in total. The summed E-state index contributed by atoms with van der Waals surface area (Å²) in [6.45, 7) is 0. The van der Waals surface area contributed by atoms with Gasteiger partial charge in [0.1, 0.15) is 0 Å². The number of nitrogens with zero attached hydrogens (tertiary/aromatic N) is 3. The molecule has 4 aromatic carbocycles. The van der Waals surface area contributed by atoms with Crippen molar-refractivity contribution >= 4 is 17.8 Å². The van der Waals surface area contributed by atoms with Crippen LogP contribution in [0, 0.1) is 10.1 Å². The molecule has 0 unspecified atom stereocenters. The summed E-state index contributed by atoms with van der Waals surface area (Å²) >= 11 is 0. The molecular weight excluding hydrogens is 476 g/mol. The normalized spacial score (nSPS) is 10.9. The second kappa shape index (κ2) is 11.2. The number of carbonyl (C=O) groups excluding carboxylic acids is 1. The molecule has 0 atom stereocenters. The fourth-order valence-corrected chi connectivity index (χ4v) is 4.33. The molecule has 0 aliphatic heterocycles. The molecule has 0 radical (unpaired) electrons. The van der Waals surface area contributed by atoms with Gasteiger partial charge in [0.25, 0.3) is 5.69 Å². The molecule has 0 spiro atoms. The molecule has 0 bridgehead atoms. The topological polar surface area (TPSA) is 89.5 Å². The number of aromatic nitrogens is 1. The molecule has 1 heterocycles. The molecule has 0 saturated heterocycles. The van der Waals surface area contributed by atoms with Gasteiger partial charge in [-0.05, 0) is 34.9 Å². The van der Waals surface area contributed by atoms with Crippen LogP contribution in [0.25, 0.3) is 28.2 Å². The first-order chi connectivity index (χ1) is 18.6. The zero-order valence-corrected chi connectivity index (χ0v) is 20.4. The van der Waals surface area contributed by atoms with E-state index in [0.29, 0.717) is 0 Å². The third-order valence-electron chi connectivity index (χ3n) is 6.07. The summed E-state index contributed by atoms with van der Waals surface area (Å²) in [5.74, 6) is -0.216. The van der Waals surface area contributed by atoms with E-state index < -0.39 is 4.92 Å². The van der Waals surface area contributed by atoms with E-state index in [1.54, 1.807) is 18.3 Å². The van der Waals surface area contributed by atoms with Crippen LogP contribution in [0.15, 0.2) is 126 Å². The van der Waals surface area contributed by atoms with E-state index in [2.05, 4.69) is 15.1 Å². The Morgan fingerprint density at radius 3 is 2.00 bits per heavy atom. The molecule has 0 aliphatic rings. The average molecular weight is 501 g/mol. The van der Waals surface area contributed by atoms with E-state index >= 15 is 0 Å². The van der Waals surface area contributed by atoms with E-state index in [4.69, 9.17) is 0 Å². The highest BCUT2D eigenvalue weighted by Gasteiger charge is 2.19. The van der Waals surface area contributed by atoms with Crippen molar-refractivity contribution in [2.45, 2.75) is 6.42 Å². The highest BCUT2D eigenvalue weighted by molar-refractivity contribution is 5.94. The maximum absolute atomic E-state index is 12.5. The van der Waals surface area contributed by atoms with Crippen LogP contribution in [0.4, 0.5) is 5.69 Å². The van der Waals surface area contributed by atoms with E-state index in [0.717, 1.165) is 39.3 Å². The molecular formula is C31H24N4O3. The maximum Gasteiger partial charge on any atom is 0.269 e. The van der Waals surface area contributed by atoms with E-state index in [1.807, 2.05) is 97.1 Å². The summed E-state index contributed by atoms with van der Waals surface area (Å²) in [6.07, 6.45) is 1.86. The average Bonchev–Trinajstić information content (AvgIpc) is 3.34. The summed E-state index contributed by atoms with van der Waals surface area (Å²) in [4.78, 5) is 23.3. The summed E-state index contributed by atoms with van der Waals surface area (Å²) in [5, 5.41) is 15.5. The van der Waals surface area contributed by atoms with Crippen molar-refractivity contribution in [3.8, 4) is 28.2 Å². The van der Waals surface area contributed by atoms with Crippen LogP contribution in [0.2, 0.25) is 0 Å². The summed E-state index contributed by atoms with van der Waals surface area (Å²) < 4.78 is 2.06. The van der Waals surface area contributed by atoms with Crippen molar-refractivity contribution in [2.24, 2.45) is 5.10 Å². The van der Waals surface area contributed by atoms with Gasteiger partial charge >= 0.3 is 0 Å². The molecule has 38 heavy (non-hydrogen) atoms.